The number of hydrogen-bond acceptors (Lipinski definition) is 3. The minimum absolute atomic E-state index is 0.497. The van der Waals surface area contributed by atoms with Gasteiger partial charge in [0.15, 0.2) is 0 Å². The molecule has 2 heterocycles. The van der Waals surface area contributed by atoms with Gasteiger partial charge in [-0.1, -0.05) is 36.4 Å². The van der Waals surface area contributed by atoms with Gasteiger partial charge in [-0.2, -0.15) is 0 Å². The number of aromatic nitrogens is 1. The lowest BCUT2D eigenvalue weighted by molar-refractivity contribution is 0.305. The van der Waals surface area contributed by atoms with Crippen molar-refractivity contribution in [1.82, 2.24) is 4.98 Å². The molecular formula is C21H22N2O. The van der Waals surface area contributed by atoms with Crippen LogP contribution in [0.2, 0.25) is 0 Å². The molecule has 1 aromatic heterocycles. The monoisotopic (exact) mass is 318 g/mol. The topological polar surface area (TPSA) is 25.4 Å². The molecule has 1 aliphatic heterocycles. The van der Waals surface area contributed by atoms with Crippen molar-refractivity contribution in [3.05, 3.63) is 66.0 Å². The van der Waals surface area contributed by atoms with Gasteiger partial charge in [0.25, 0.3) is 0 Å². The van der Waals surface area contributed by atoms with E-state index in [0.717, 1.165) is 35.6 Å². The first-order chi connectivity index (χ1) is 11.8. The molecule has 0 aliphatic carbocycles. The number of aryl methyl sites for hydroxylation is 1. The van der Waals surface area contributed by atoms with Gasteiger partial charge >= 0.3 is 0 Å². The predicted molar refractivity (Wildman–Crippen MR) is 98.7 cm³/mol. The Bertz CT molecular complexity index is 848. The summed E-state index contributed by atoms with van der Waals surface area (Å²) in [4.78, 5) is 7.09. The number of nitrogens with zero attached hydrogens (tertiary/aromatic N) is 2. The molecule has 0 atom stereocenters. The van der Waals surface area contributed by atoms with Crippen molar-refractivity contribution < 1.29 is 4.74 Å². The minimum Gasteiger partial charge on any atom is -0.487 e. The van der Waals surface area contributed by atoms with Crippen molar-refractivity contribution in [3.8, 4) is 5.75 Å². The fraction of sp³-hybridized carbons (Fsp3) is 0.286. The van der Waals surface area contributed by atoms with E-state index in [-0.39, 0.29) is 0 Å². The molecule has 4 rings (SSSR count). The molecule has 0 spiro atoms. The number of rotatable bonds is 4. The predicted octanol–water partition coefficient (Wildman–Crippen LogP) is 4.72. The molecule has 0 saturated carbocycles. The molecule has 122 valence electrons. The summed E-state index contributed by atoms with van der Waals surface area (Å²) in [5.74, 6) is 0.916. The van der Waals surface area contributed by atoms with E-state index in [1.165, 1.54) is 23.9 Å². The zero-order valence-electron chi connectivity index (χ0n) is 14.0. The van der Waals surface area contributed by atoms with Gasteiger partial charge in [0.2, 0.25) is 0 Å². The fourth-order valence-corrected chi connectivity index (χ4v) is 3.42. The van der Waals surface area contributed by atoms with Gasteiger partial charge in [-0.05, 0) is 43.4 Å². The summed E-state index contributed by atoms with van der Waals surface area (Å²) in [7, 11) is 0. The fourth-order valence-electron chi connectivity index (χ4n) is 3.42. The Labute approximate surface area is 142 Å². The zero-order chi connectivity index (χ0) is 16.4. The third-order valence-electron chi connectivity index (χ3n) is 4.59. The van der Waals surface area contributed by atoms with Gasteiger partial charge in [-0.25, -0.2) is 0 Å². The average Bonchev–Trinajstić information content (AvgIpc) is 3.14. The third kappa shape index (κ3) is 3.07. The highest BCUT2D eigenvalue weighted by atomic mass is 16.5. The molecular weight excluding hydrogens is 296 g/mol. The van der Waals surface area contributed by atoms with Gasteiger partial charge < -0.3 is 9.64 Å². The number of hydrogen-bond donors (Lipinski definition) is 0. The lowest BCUT2D eigenvalue weighted by atomic mass is 10.1. The molecule has 0 amide bonds. The van der Waals surface area contributed by atoms with Crippen molar-refractivity contribution in [2.24, 2.45) is 0 Å². The molecule has 0 unspecified atom stereocenters. The molecule has 0 N–H and O–H groups in total. The Kier molecular flexibility index (Phi) is 4.08. The molecule has 1 aliphatic rings. The highest BCUT2D eigenvalue weighted by molar-refractivity contribution is 5.88. The maximum Gasteiger partial charge on any atom is 0.130 e. The summed E-state index contributed by atoms with van der Waals surface area (Å²) >= 11 is 0. The van der Waals surface area contributed by atoms with Crippen LogP contribution in [0.3, 0.4) is 0 Å². The number of ether oxygens (including phenoxy) is 1. The Morgan fingerprint density at radius 3 is 2.67 bits per heavy atom. The van der Waals surface area contributed by atoms with E-state index < -0.39 is 0 Å². The highest BCUT2D eigenvalue weighted by Gasteiger charge is 2.14. The normalized spacial score (nSPS) is 14.3. The van der Waals surface area contributed by atoms with Crippen molar-refractivity contribution in [1.29, 1.82) is 0 Å². The number of benzene rings is 2. The maximum atomic E-state index is 6.10. The summed E-state index contributed by atoms with van der Waals surface area (Å²) in [6.07, 6.45) is 2.56. The molecule has 1 fully saturated rings. The van der Waals surface area contributed by atoms with Crippen LogP contribution in [0.4, 0.5) is 5.69 Å². The SMILES string of the molecule is Cc1cc(N2CCCC2)cc(COc2cccc3ccccc23)n1. The van der Waals surface area contributed by atoms with E-state index in [4.69, 9.17) is 4.74 Å². The molecule has 0 radical (unpaired) electrons. The summed E-state index contributed by atoms with van der Waals surface area (Å²) in [6.45, 7) is 4.84. The number of fused-ring (bicyclic) bond motifs is 1. The van der Waals surface area contributed by atoms with Gasteiger partial charge in [0, 0.05) is 29.9 Å². The lowest BCUT2D eigenvalue weighted by Crippen LogP contribution is -2.18. The Balaban J connectivity index is 1.57. The van der Waals surface area contributed by atoms with Gasteiger partial charge in [0.1, 0.15) is 12.4 Å². The molecule has 1 saturated heterocycles. The van der Waals surface area contributed by atoms with Crippen LogP contribution >= 0.6 is 0 Å². The van der Waals surface area contributed by atoms with E-state index in [2.05, 4.69) is 53.2 Å². The second-order valence-corrected chi connectivity index (χ2v) is 6.42. The Morgan fingerprint density at radius 1 is 1.00 bits per heavy atom. The van der Waals surface area contributed by atoms with E-state index >= 15 is 0 Å². The van der Waals surface area contributed by atoms with E-state index in [1.807, 2.05) is 18.2 Å². The van der Waals surface area contributed by atoms with Crippen LogP contribution in [-0.2, 0) is 6.61 Å². The standard InChI is InChI=1S/C21H22N2O/c1-16-13-19(23-11-4-5-12-23)14-18(22-16)15-24-21-10-6-8-17-7-2-3-9-20(17)21/h2-3,6-10,13-14H,4-5,11-12,15H2,1H3. The van der Waals surface area contributed by atoms with Crippen molar-refractivity contribution in [2.45, 2.75) is 26.4 Å². The highest BCUT2D eigenvalue weighted by Crippen LogP contribution is 2.27. The summed E-state index contributed by atoms with van der Waals surface area (Å²) in [5, 5.41) is 2.34. The lowest BCUT2D eigenvalue weighted by Gasteiger charge is -2.19. The van der Waals surface area contributed by atoms with E-state index in [9.17, 15) is 0 Å². The largest absolute Gasteiger partial charge is 0.487 e. The molecule has 2 aromatic carbocycles. The first-order valence-corrected chi connectivity index (χ1v) is 8.63. The summed E-state index contributed by atoms with van der Waals surface area (Å²) < 4.78 is 6.10. The van der Waals surface area contributed by atoms with Crippen LogP contribution in [0.15, 0.2) is 54.6 Å². The van der Waals surface area contributed by atoms with E-state index in [0.29, 0.717) is 6.61 Å². The van der Waals surface area contributed by atoms with Crippen LogP contribution in [0.25, 0.3) is 10.8 Å². The van der Waals surface area contributed by atoms with Crippen LogP contribution in [-0.4, -0.2) is 18.1 Å². The summed E-state index contributed by atoms with van der Waals surface area (Å²) in [6, 6.07) is 18.8. The van der Waals surface area contributed by atoms with Gasteiger partial charge in [-0.15, -0.1) is 0 Å². The van der Waals surface area contributed by atoms with Gasteiger partial charge in [-0.3, -0.25) is 4.98 Å². The second-order valence-electron chi connectivity index (χ2n) is 6.42. The Morgan fingerprint density at radius 2 is 1.79 bits per heavy atom. The van der Waals surface area contributed by atoms with Crippen LogP contribution in [0.1, 0.15) is 24.2 Å². The van der Waals surface area contributed by atoms with Crippen LogP contribution in [0, 0.1) is 6.92 Å². The van der Waals surface area contributed by atoms with E-state index in [1.54, 1.807) is 0 Å². The quantitative estimate of drug-likeness (QED) is 0.696. The number of pyridine rings is 1. The average molecular weight is 318 g/mol. The Hall–Kier alpha value is -2.55. The van der Waals surface area contributed by atoms with Crippen molar-refractivity contribution in [2.75, 3.05) is 18.0 Å². The second kappa shape index (κ2) is 6.52. The molecule has 24 heavy (non-hydrogen) atoms. The minimum atomic E-state index is 0.497. The maximum absolute atomic E-state index is 6.10. The first-order valence-electron chi connectivity index (χ1n) is 8.63. The van der Waals surface area contributed by atoms with Crippen molar-refractivity contribution >= 4 is 16.5 Å². The third-order valence-corrected chi connectivity index (χ3v) is 4.59. The molecule has 3 heteroatoms. The first kappa shape index (κ1) is 15.0. The smallest absolute Gasteiger partial charge is 0.130 e. The molecule has 0 bridgehead atoms. The summed E-state index contributed by atoms with van der Waals surface area (Å²) in [5.41, 5.74) is 3.32. The number of anilines is 1. The van der Waals surface area contributed by atoms with Crippen LogP contribution < -0.4 is 9.64 Å². The van der Waals surface area contributed by atoms with Crippen molar-refractivity contribution in [3.63, 3.8) is 0 Å². The van der Waals surface area contributed by atoms with Gasteiger partial charge in [0.05, 0.1) is 5.69 Å². The van der Waals surface area contributed by atoms with Crippen LogP contribution in [0.5, 0.6) is 5.75 Å². The zero-order valence-corrected chi connectivity index (χ0v) is 14.0. The molecule has 3 aromatic rings. The molecule has 3 nitrogen and oxygen atoms in total.